The van der Waals surface area contributed by atoms with Crippen molar-refractivity contribution in [2.45, 2.75) is 44.9 Å². The lowest BCUT2D eigenvalue weighted by molar-refractivity contribution is -0.139. The van der Waals surface area contributed by atoms with E-state index >= 15 is 0 Å². The molecule has 1 aliphatic heterocycles. The van der Waals surface area contributed by atoms with Crippen LogP contribution in [0.15, 0.2) is 42.5 Å². The van der Waals surface area contributed by atoms with Crippen LogP contribution in [0.4, 0.5) is 0 Å². The standard InChI is InChI=1S/C19H23NO5/c1-13-9-18(23)20(12-14-5-3-2-4-6-14)17(13)8-7-15(21)10-16(22)11-19(24)25/h2-8,13,16-17,22H,9-12H2,1H3,(H,24,25)/t13-,16+,17-/m0/s1. The van der Waals surface area contributed by atoms with E-state index in [0.717, 1.165) is 5.56 Å². The highest BCUT2D eigenvalue weighted by atomic mass is 16.4. The fraction of sp³-hybridized carbons (Fsp3) is 0.421. The minimum atomic E-state index is -1.20. The zero-order chi connectivity index (χ0) is 18.4. The van der Waals surface area contributed by atoms with Crippen molar-refractivity contribution < 1.29 is 24.6 Å². The molecule has 0 spiro atoms. The predicted molar refractivity (Wildman–Crippen MR) is 91.6 cm³/mol. The van der Waals surface area contributed by atoms with Crippen LogP contribution in [-0.4, -0.2) is 44.9 Å². The average Bonchev–Trinajstić information content (AvgIpc) is 2.79. The van der Waals surface area contributed by atoms with Gasteiger partial charge in [-0.2, -0.15) is 0 Å². The molecule has 1 aliphatic rings. The maximum absolute atomic E-state index is 12.2. The van der Waals surface area contributed by atoms with Crippen LogP contribution in [0.3, 0.4) is 0 Å². The van der Waals surface area contributed by atoms with E-state index in [1.54, 1.807) is 11.0 Å². The summed E-state index contributed by atoms with van der Waals surface area (Å²) in [5.74, 6) is -1.36. The molecule has 0 aliphatic carbocycles. The van der Waals surface area contributed by atoms with Gasteiger partial charge in [0.25, 0.3) is 0 Å². The maximum Gasteiger partial charge on any atom is 0.305 e. The molecule has 25 heavy (non-hydrogen) atoms. The molecule has 0 aromatic heterocycles. The first-order chi connectivity index (χ1) is 11.9. The lowest BCUT2D eigenvalue weighted by Crippen LogP contribution is -2.33. The Balaban J connectivity index is 2.00. The van der Waals surface area contributed by atoms with E-state index in [-0.39, 0.29) is 30.1 Å². The molecule has 6 nitrogen and oxygen atoms in total. The van der Waals surface area contributed by atoms with Crippen molar-refractivity contribution in [3.63, 3.8) is 0 Å². The van der Waals surface area contributed by atoms with Crippen molar-refractivity contribution >= 4 is 17.7 Å². The van der Waals surface area contributed by atoms with Gasteiger partial charge in [0.15, 0.2) is 5.78 Å². The summed E-state index contributed by atoms with van der Waals surface area (Å²) in [4.78, 5) is 36.4. The Bertz CT molecular complexity index is 655. The number of aliphatic hydroxyl groups is 1. The number of aliphatic hydroxyl groups excluding tert-OH is 1. The number of carbonyl (C=O) groups is 3. The van der Waals surface area contributed by atoms with Crippen LogP contribution in [-0.2, 0) is 20.9 Å². The number of nitrogens with zero attached hydrogens (tertiary/aromatic N) is 1. The van der Waals surface area contributed by atoms with E-state index in [0.29, 0.717) is 13.0 Å². The van der Waals surface area contributed by atoms with Crippen LogP contribution in [0.1, 0.15) is 31.7 Å². The first-order valence-corrected chi connectivity index (χ1v) is 8.31. The van der Waals surface area contributed by atoms with Gasteiger partial charge >= 0.3 is 5.97 Å². The van der Waals surface area contributed by atoms with E-state index < -0.39 is 18.5 Å². The zero-order valence-corrected chi connectivity index (χ0v) is 14.2. The van der Waals surface area contributed by atoms with Crippen molar-refractivity contribution in [3.05, 3.63) is 48.0 Å². The van der Waals surface area contributed by atoms with E-state index in [4.69, 9.17) is 5.11 Å². The Hall–Kier alpha value is -2.47. The van der Waals surface area contributed by atoms with Gasteiger partial charge in [-0.3, -0.25) is 14.4 Å². The Morgan fingerprint density at radius 2 is 1.96 bits per heavy atom. The van der Waals surface area contributed by atoms with Gasteiger partial charge in [0.2, 0.25) is 5.91 Å². The minimum Gasteiger partial charge on any atom is -0.481 e. The number of aliphatic carboxylic acids is 1. The van der Waals surface area contributed by atoms with Crippen molar-refractivity contribution in [2.75, 3.05) is 0 Å². The Morgan fingerprint density at radius 3 is 2.60 bits per heavy atom. The van der Waals surface area contributed by atoms with E-state index in [1.807, 2.05) is 37.3 Å². The van der Waals surface area contributed by atoms with E-state index in [2.05, 4.69) is 0 Å². The van der Waals surface area contributed by atoms with E-state index in [1.165, 1.54) is 6.08 Å². The fourth-order valence-corrected chi connectivity index (χ4v) is 3.03. The number of benzene rings is 1. The van der Waals surface area contributed by atoms with Crippen molar-refractivity contribution in [1.82, 2.24) is 4.90 Å². The molecule has 0 radical (unpaired) electrons. The highest BCUT2D eigenvalue weighted by molar-refractivity contribution is 5.90. The molecule has 0 saturated carbocycles. The highest BCUT2D eigenvalue weighted by Crippen LogP contribution is 2.28. The van der Waals surface area contributed by atoms with E-state index in [9.17, 15) is 19.5 Å². The largest absolute Gasteiger partial charge is 0.481 e. The summed E-state index contributed by atoms with van der Waals surface area (Å²) >= 11 is 0. The van der Waals surface area contributed by atoms with Gasteiger partial charge in [0.1, 0.15) is 0 Å². The fourth-order valence-electron chi connectivity index (χ4n) is 3.03. The first-order valence-electron chi connectivity index (χ1n) is 8.31. The summed E-state index contributed by atoms with van der Waals surface area (Å²) in [6.45, 7) is 2.44. The number of likely N-dealkylation sites (tertiary alicyclic amines) is 1. The molecule has 0 bridgehead atoms. The van der Waals surface area contributed by atoms with Gasteiger partial charge in [-0.15, -0.1) is 0 Å². The van der Waals surface area contributed by atoms with Crippen LogP contribution in [0, 0.1) is 5.92 Å². The second-order valence-electron chi connectivity index (χ2n) is 6.46. The number of rotatable bonds is 8. The molecule has 0 unspecified atom stereocenters. The second-order valence-corrected chi connectivity index (χ2v) is 6.46. The smallest absolute Gasteiger partial charge is 0.305 e. The molecule has 6 heteroatoms. The lowest BCUT2D eigenvalue weighted by Gasteiger charge is -2.24. The van der Waals surface area contributed by atoms with Crippen LogP contribution in [0.25, 0.3) is 0 Å². The third kappa shape index (κ3) is 5.53. The van der Waals surface area contributed by atoms with Crippen molar-refractivity contribution in [1.29, 1.82) is 0 Å². The summed E-state index contributed by atoms with van der Waals surface area (Å²) in [5, 5.41) is 18.1. The highest BCUT2D eigenvalue weighted by Gasteiger charge is 2.35. The SMILES string of the molecule is C[C@H]1CC(=O)N(Cc2ccccc2)[C@H]1C=CC(=O)C[C@@H](O)CC(=O)O. The van der Waals surface area contributed by atoms with Crippen molar-refractivity contribution in [2.24, 2.45) is 5.92 Å². The molecule has 1 fully saturated rings. The number of ketones is 1. The van der Waals surface area contributed by atoms with Gasteiger partial charge in [0, 0.05) is 19.4 Å². The first kappa shape index (κ1) is 18.9. The molecule has 2 N–H and O–H groups in total. The summed E-state index contributed by atoms with van der Waals surface area (Å²) in [6, 6.07) is 9.45. The monoisotopic (exact) mass is 345 g/mol. The molecule has 1 aromatic rings. The number of hydrogen-bond donors (Lipinski definition) is 2. The maximum atomic E-state index is 12.2. The summed E-state index contributed by atoms with van der Waals surface area (Å²) in [6.07, 6.45) is 1.57. The number of carbonyl (C=O) groups excluding carboxylic acids is 2. The van der Waals surface area contributed by atoms with Crippen LogP contribution >= 0.6 is 0 Å². The lowest BCUT2D eigenvalue weighted by atomic mass is 10.0. The average molecular weight is 345 g/mol. The third-order valence-corrected chi connectivity index (χ3v) is 4.28. The van der Waals surface area contributed by atoms with Gasteiger partial charge in [-0.05, 0) is 17.6 Å². The third-order valence-electron chi connectivity index (χ3n) is 4.28. The molecule has 1 aromatic carbocycles. The quantitative estimate of drug-likeness (QED) is 0.700. The topological polar surface area (TPSA) is 94.9 Å². The summed E-state index contributed by atoms with van der Waals surface area (Å²) in [5.41, 5.74) is 1.02. The molecule has 1 saturated heterocycles. The number of carboxylic acids is 1. The molecule has 1 heterocycles. The van der Waals surface area contributed by atoms with Gasteiger partial charge < -0.3 is 15.1 Å². The predicted octanol–water partition coefficient (Wildman–Crippen LogP) is 1.77. The minimum absolute atomic E-state index is 0.0457. The molecule has 2 rings (SSSR count). The number of amides is 1. The molecular weight excluding hydrogens is 322 g/mol. The van der Waals surface area contributed by atoms with Crippen LogP contribution < -0.4 is 0 Å². The summed E-state index contributed by atoms with van der Waals surface area (Å²) < 4.78 is 0. The number of hydrogen-bond acceptors (Lipinski definition) is 4. The molecule has 3 atom stereocenters. The zero-order valence-electron chi connectivity index (χ0n) is 14.2. The Kier molecular flexibility index (Phi) is 6.47. The molecule has 1 amide bonds. The number of carboxylic acid groups (broad SMARTS) is 1. The van der Waals surface area contributed by atoms with Gasteiger partial charge in [-0.1, -0.05) is 43.3 Å². The Labute approximate surface area is 146 Å². The number of allylic oxidation sites excluding steroid dienone is 1. The van der Waals surface area contributed by atoms with Crippen LogP contribution in [0.2, 0.25) is 0 Å². The van der Waals surface area contributed by atoms with Crippen LogP contribution in [0.5, 0.6) is 0 Å². The second kappa shape index (κ2) is 8.58. The van der Waals surface area contributed by atoms with Gasteiger partial charge in [-0.25, -0.2) is 0 Å². The molecular formula is C19H23NO5. The van der Waals surface area contributed by atoms with Gasteiger partial charge in [0.05, 0.1) is 18.6 Å². The normalized spacial score (nSPS) is 21.7. The Morgan fingerprint density at radius 1 is 1.28 bits per heavy atom. The summed E-state index contributed by atoms with van der Waals surface area (Å²) in [7, 11) is 0. The van der Waals surface area contributed by atoms with Crippen molar-refractivity contribution in [3.8, 4) is 0 Å². The molecule has 134 valence electrons.